The van der Waals surface area contributed by atoms with Crippen molar-refractivity contribution < 1.29 is 5.11 Å². The van der Waals surface area contributed by atoms with Crippen LogP contribution in [0, 0.1) is 18.3 Å². The lowest BCUT2D eigenvalue weighted by Gasteiger charge is -2.25. The van der Waals surface area contributed by atoms with E-state index < -0.39 is 0 Å². The maximum Gasteiger partial charge on any atom is 0.0593 e. The lowest BCUT2D eigenvalue weighted by atomic mass is 9.82. The maximum atomic E-state index is 9.65. The van der Waals surface area contributed by atoms with Crippen LogP contribution in [-0.4, -0.2) is 59.1 Å². The molecule has 0 amide bonds. The molecule has 2 saturated heterocycles. The van der Waals surface area contributed by atoms with Crippen molar-refractivity contribution in [2.24, 2.45) is 11.3 Å². The summed E-state index contributed by atoms with van der Waals surface area (Å²) >= 11 is 0. The molecule has 0 aliphatic carbocycles. The monoisotopic (exact) mass is 322 g/mol. The Kier molecular flexibility index (Phi) is 6.28. The van der Waals surface area contributed by atoms with Gasteiger partial charge in [-0.3, -0.25) is 4.68 Å². The van der Waals surface area contributed by atoms with Gasteiger partial charge in [0, 0.05) is 37.8 Å². The Hall–Kier alpha value is -0.330. The van der Waals surface area contributed by atoms with Crippen molar-refractivity contribution in [2.45, 2.75) is 13.5 Å². The van der Waals surface area contributed by atoms with Gasteiger partial charge in [0.05, 0.1) is 18.8 Å². The second kappa shape index (κ2) is 7.09. The minimum absolute atomic E-state index is 0. The van der Waals surface area contributed by atoms with Crippen molar-refractivity contribution in [3.63, 3.8) is 0 Å². The van der Waals surface area contributed by atoms with Gasteiger partial charge in [0.1, 0.15) is 0 Å². The van der Waals surface area contributed by atoms with E-state index in [1.807, 2.05) is 23.9 Å². The van der Waals surface area contributed by atoms with Crippen LogP contribution in [0.25, 0.3) is 0 Å². The zero-order chi connectivity index (χ0) is 12.6. The first kappa shape index (κ1) is 17.7. The van der Waals surface area contributed by atoms with Crippen molar-refractivity contribution in [3.8, 4) is 0 Å². The summed E-state index contributed by atoms with van der Waals surface area (Å²) < 4.78 is 2.01. The summed E-state index contributed by atoms with van der Waals surface area (Å²) in [7, 11) is 0. The van der Waals surface area contributed by atoms with Gasteiger partial charge >= 0.3 is 0 Å². The minimum atomic E-state index is 0. The molecule has 2 unspecified atom stereocenters. The first-order valence-electron chi connectivity index (χ1n) is 6.76. The van der Waals surface area contributed by atoms with Crippen LogP contribution in [0.15, 0.2) is 12.3 Å². The molecule has 3 rings (SSSR count). The number of fused-ring (bicyclic) bond motifs is 1. The highest BCUT2D eigenvalue weighted by molar-refractivity contribution is 5.85. The summed E-state index contributed by atoms with van der Waals surface area (Å²) in [6.45, 7) is 8.43. The number of aromatic nitrogens is 2. The fraction of sp³-hybridized carbons (Fsp3) is 0.769. The largest absolute Gasteiger partial charge is 0.396 e. The van der Waals surface area contributed by atoms with Gasteiger partial charge in [-0.15, -0.1) is 24.8 Å². The molecule has 116 valence electrons. The second-order valence-corrected chi connectivity index (χ2v) is 5.80. The van der Waals surface area contributed by atoms with Gasteiger partial charge in [-0.2, -0.15) is 5.10 Å². The molecule has 5 nitrogen and oxygen atoms in total. The van der Waals surface area contributed by atoms with E-state index >= 15 is 0 Å². The van der Waals surface area contributed by atoms with Crippen LogP contribution >= 0.6 is 24.8 Å². The Balaban J connectivity index is 0.000001000. The SMILES string of the molecule is Cc1ccn(CCN2CC3CNCC3(CO)C2)n1.Cl.Cl. The van der Waals surface area contributed by atoms with Crippen LogP contribution in [0.4, 0.5) is 0 Å². The molecule has 0 saturated carbocycles. The second-order valence-electron chi connectivity index (χ2n) is 5.80. The maximum absolute atomic E-state index is 9.65. The molecule has 0 aromatic carbocycles. The van der Waals surface area contributed by atoms with Crippen LogP contribution in [0.3, 0.4) is 0 Å². The summed E-state index contributed by atoms with van der Waals surface area (Å²) in [5.41, 5.74) is 1.18. The molecule has 0 radical (unpaired) electrons. The van der Waals surface area contributed by atoms with Gasteiger partial charge in [0.15, 0.2) is 0 Å². The molecule has 20 heavy (non-hydrogen) atoms. The van der Waals surface area contributed by atoms with E-state index in [1.54, 1.807) is 0 Å². The summed E-state index contributed by atoms with van der Waals surface area (Å²) in [4.78, 5) is 2.47. The molecule has 1 aromatic rings. The number of nitrogens with one attached hydrogen (secondary N) is 1. The quantitative estimate of drug-likeness (QED) is 0.850. The number of likely N-dealkylation sites (tertiary alicyclic amines) is 1. The van der Waals surface area contributed by atoms with Crippen LogP contribution in [0.2, 0.25) is 0 Å². The standard InChI is InChI=1S/C13H22N4O.2ClH/c1-11-2-3-17(15-11)5-4-16-7-12-6-14-8-13(12,9-16)10-18;;/h2-3,12,14,18H,4-10H2,1H3;2*1H. The van der Waals surface area contributed by atoms with E-state index in [4.69, 9.17) is 0 Å². The average Bonchev–Trinajstić information content (AvgIpc) is 2.99. The first-order chi connectivity index (χ1) is 8.72. The smallest absolute Gasteiger partial charge is 0.0593 e. The van der Waals surface area contributed by atoms with Gasteiger partial charge in [-0.05, 0) is 25.5 Å². The Morgan fingerprint density at radius 2 is 2.25 bits per heavy atom. The highest BCUT2D eigenvalue weighted by Crippen LogP contribution is 2.38. The molecular weight excluding hydrogens is 299 g/mol. The summed E-state index contributed by atoms with van der Waals surface area (Å²) in [5, 5.41) is 17.5. The lowest BCUT2D eigenvalue weighted by molar-refractivity contribution is 0.124. The molecule has 2 aliphatic heterocycles. The number of aliphatic hydroxyl groups is 1. The number of hydrogen-bond donors (Lipinski definition) is 2. The molecule has 2 atom stereocenters. The third-order valence-electron chi connectivity index (χ3n) is 4.49. The number of halogens is 2. The number of nitrogens with zero attached hydrogens (tertiary/aromatic N) is 3. The fourth-order valence-corrected chi connectivity index (χ4v) is 3.36. The van der Waals surface area contributed by atoms with Crippen LogP contribution < -0.4 is 5.32 Å². The topological polar surface area (TPSA) is 53.3 Å². The fourth-order valence-electron chi connectivity index (χ4n) is 3.36. The third kappa shape index (κ3) is 3.28. The summed E-state index contributed by atoms with van der Waals surface area (Å²) in [6, 6.07) is 2.04. The van der Waals surface area contributed by atoms with Gasteiger partial charge in [-0.1, -0.05) is 0 Å². The molecule has 2 aliphatic rings. The van der Waals surface area contributed by atoms with E-state index in [1.165, 1.54) is 0 Å². The van der Waals surface area contributed by atoms with Crippen LogP contribution in [0.5, 0.6) is 0 Å². The van der Waals surface area contributed by atoms with Crippen LogP contribution in [0.1, 0.15) is 5.69 Å². The molecule has 2 N–H and O–H groups in total. The van der Waals surface area contributed by atoms with Crippen molar-refractivity contribution in [1.82, 2.24) is 20.0 Å². The number of hydrogen-bond acceptors (Lipinski definition) is 4. The van der Waals surface area contributed by atoms with E-state index in [2.05, 4.69) is 15.3 Å². The summed E-state index contributed by atoms with van der Waals surface area (Å²) in [5.74, 6) is 0.613. The zero-order valence-electron chi connectivity index (χ0n) is 11.8. The highest BCUT2D eigenvalue weighted by atomic mass is 35.5. The van der Waals surface area contributed by atoms with Crippen molar-refractivity contribution in [3.05, 3.63) is 18.0 Å². The molecule has 2 fully saturated rings. The predicted molar refractivity (Wildman–Crippen MR) is 83.8 cm³/mol. The van der Waals surface area contributed by atoms with E-state index in [-0.39, 0.29) is 30.2 Å². The number of aryl methyl sites for hydroxylation is 1. The van der Waals surface area contributed by atoms with Gasteiger partial charge < -0.3 is 15.3 Å². The lowest BCUT2D eigenvalue weighted by Crippen LogP contribution is -2.36. The van der Waals surface area contributed by atoms with Gasteiger partial charge in [0.2, 0.25) is 0 Å². The Labute approximate surface area is 132 Å². The molecule has 3 heterocycles. The normalized spacial score (nSPS) is 28.8. The minimum Gasteiger partial charge on any atom is -0.396 e. The Morgan fingerprint density at radius 1 is 1.45 bits per heavy atom. The van der Waals surface area contributed by atoms with E-state index in [0.29, 0.717) is 12.5 Å². The van der Waals surface area contributed by atoms with Crippen molar-refractivity contribution >= 4 is 24.8 Å². The molecule has 7 heteroatoms. The summed E-state index contributed by atoms with van der Waals surface area (Å²) in [6.07, 6.45) is 2.04. The van der Waals surface area contributed by atoms with E-state index in [9.17, 15) is 5.11 Å². The van der Waals surface area contributed by atoms with E-state index in [0.717, 1.165) is 45.0 Å². The Morgan fingerprint density at radius 3 is 2.85 bits per heavy atom. The predicted octanol–water partition coefficient (Wildman–Crippen LogP) is 0.549. The van der Waals surface area contributed by atoms with Crippen LogP contribution in [-0.2, 0) is 6.54 Å². The highest BCUT2D eigenvalue weighted by Gasteiger charge is 2.48. The number of aliphatic hydroxyl groups excluding tert-OH is 1. The average molecular weight is 323 g/mol. The molecular formula is C13H24Cl2N4O. The molecule has 1 aromatic heterocycles. The zero-order valence-corrected chi connectivity index (χ0v) is 13.4. The van der Waals surface area contributed by atoms with Gasteiger partial charge in [0.25, 0.3) is 0 Å². The third-order valence-corrected chi connectivity index (χ3v) is 4.49. The Bertz CT molecular complexity index is 428. The van der Waals surface area contributed by atoms with Crippen molar-refractivity contribution in [2.75, 3.05) is 39.3 Å². The molecule has 0 bridgehead atoms. The van der Waals surface area contributed by atoms with Gasteiger partial charge in [-0.25, -0.2) is 0 Å². The number of rotatable bonds is 4. The first-order valence-corrected chi connectivity index (χ1v) is 6.76. The molecule has 0 spiro atoms. The van der Waals surface area contributed by atoms with Crippen molar-refractivity contribution in [1.29, 1.82) is 0 Å².